The highest BCUT2D eigenvalue weighted by atomic mass is 79.9. The zero-order valence-corrected chi connectivity index (χ0v) is 15.8. The molecule has 0 N–H and O–H groups in total. The van der Waals surface area contributed by atoms with E-state index in [4.69, 9.17) is 0 Å². The van der Waals surface area contributed by atoms with Gasteiger partial charge in [-0.15, -0.1) is 0 Å². The Bertz CT molecular complexity index is 1040. The summed E-state index contributed by atoms with van der Waals surface area (Å²) in [5.74, 6) is -0.134. The molecule has 24 heavy (non-hydrogen) atoms. The zero-order chi connectivity index (χ0) is 17.5. The maximum Gasteiger partial charge on any atom is 0.268 e. The zero-order valence-electron chi connectivity index (χ0n) is 12.6. The van der Waals surface area contributed by atoms with E-state index < -0.39 is 26.6 Å². The van der Waals surface area contributed by atoms with Crippen LogP contribution < -0.4 is 0 Å². The van der Waals surface area contributed by atoms with Gasteiger partial charge in [0.15, 0.2) is 0 Å². The molecule has 3 aromatic rings. The van der Waals surface area contributed by atoms with E-state index in [-0.39, 0.29) is 4.90 Å². The molecule has 0 bridgehead atoms. The molecule has 0 spiro atoms. The van der Waals surface area contributed by atoms with Gasteiger partial charge in [-0.1, -0.05) is 22.9 Å². The number of benzene rings is 2. The van der Waals surface area contributed by atoms with Gasteiger partial charge >= 0.3 is 0 Å². The lowest BCUT2D eigenvalue weighted by Crippen LogP contribution is -2.12. The van der Waals surface area contributed by atoms with Crippen molar-refractivity contribution in [2.45, 2.75) is 16.7 Å². The first-order valence-electron chi connectivity index (χ1n) is 7.04. The Labute approximate surface area is 149 Å². The van der Waals surface area contributed by atoms with Crippen LogP contribution in [0.1, 0.15) is 6.92 Å². The molecular formula is C16H13BrFNO3S2. The molecule has 1 aromatic heterocycles. The standard InChI is InChI=1S/C16H13BrFNO3S2/c1-2-23(20)16-10-19(15-8-3-11(17)9-14(15)16)24(21,22)13-6-4-12(18)5-7-13/h3-10H,2H2,1H3. The molecule has 1 unspecified atom stereocenters. The summed E-state index contributed by atoms with van der Waals surface area (Å²) in [5, 5.41) is 0.607. The molecule has 0 aliphatic heterocycles. The first-order chi connectivity index (χ1) is 11.3. The number of fused-ring (bicyclic) bond motifs is 1. The van der Waals surface area contributed by atoms with Crippen LogP contribution in [0.25, 0.3) is 10.9 Å². The van der Waals surface area contributed by atoms with Crippen molar-refractivity contribution < 1.29 is 17.0 Å². The molecule has 0 amide bonds. The van der Waals surface area contributed by atoms with Gasteiger partial charge in [-0.2, -0.15) is 0 Å². The highest BCUT2D eigenvalue weighted by Gasteiger charge is 2.23. The summed E-state index contributed by atoms with van der Waals surface area (Å²) in [7, 11) is -5.23. The lowest BCUT2D eigenvalue weighted by Gasteiger charge is -2.07. The minimum absolute atomic E-state index is 0.0300. The smallest absolute Gasteiger partial charge is 0.254 e. The summed E-state index contributed by atoms with van der Waals surface area (Å²) >= 11 is 3.35. The van der Waals surface area contributed by atoms with E-state index in [1.807, 2.05) is 0 Å². The fourth-order valence-electron chi connectivity index (χ4n) is 2.40. The van der Waals surface area contributed by atoms with Crippen molar-refractivity contribution in [3.63, 3.8) is 0 Å². The Balaban J connectivity index is 2.30. The highest BCUT2D eigenvalue weighted by molar-refractivity contribution is 9.10. The van der Waals surface area contributed by atoms with E-state index in [0.717, 1.165) is 20.6 Å². The SMILES string of the molecule is CCS(=O)c1cn(S(=O)(=O)c2ccc(F)cc2)c2ccc(Br)cc12. The predicted octanol–water partition coefficient (Wildman–Crippen LogP) is 3.91. The minimum Gasteiger partial charge on any atom is -0.254 e. The van der Waals surface area contributed by atoms with Crippen molar-refractivity contribution >= 4 is 47.7 Å². The molecule has 2 aromatic carbocycles. The van der Waals surface area contributed by atoms with Gasteiger partial charge in [-0.25, -0.2) is 16.8 Å². The summed E-state index contributed by atoms with van der Waals surface area (Å²) in [5.41, 5.74) is 0.430. The van der Waals surface area contributed by atoms with Gasteiger partial charge in [-0.3, -0.25) is 4.21 Å². The van der Waals surface area contributed by atoms with E-state index in [1.165, 1.54) is 18.3 Å². The van der Waals surface area contributed by atoms with Crippen LogP contribution in [-0.4, -0.2) is 22.4 Å². The molecule has 0 aliphatic carbocycles. The van der Waals surface area contributed by atoms with Gasteiger partial charge in [0.2, 0.25) is 0 Å². The second kappa shape index (κ2) is 6.42. The van der Waals surface area contributed by atoms with Crippen LogP contribution in [0.4, 0.5) is 4.39 Å². The Kier molecular flexibility index (Phi) is 4.63. The number of nitrogens with zero attached hydrogens (tertiary/aromatic N) is 1. The van der Waals surface area contributed by atoms with E-state index >= 15 is 0 Å². The lowest BCUT2D eigenvalue weighted by molar-refractivity contribution is 0.587. The number of rotatable bonds is 4. The summed E-state index contributed by atoms with van der Waals surface area (Å²) in [6.45, 7) is 1.77. The fourth-order valence-corrected chi connectivity index (χ4v) is 5.14. The average Bonchev–Trinajstić information content (AvgIpc) is 2.94. The maximum atomic E-state index is 13.1. The monoisotopic (exact) mass is 429 g/mol. The second-order valence-electron chi connectivity index (χ2n) is 5.04. The van der Waals surface area contributed by atoms with Crippen LogP contribution in [0, 0.1) is 5.82 Å². The van der Waals surface area contributed by atoms with Crippen molar-refractivity contribution in [2.75, 3.05) is 5.75 Å². The third-order valence-corrected chi connectivity index (χ3v) is 7.10. The van der Waals surface area contributed by atoms with E-state index in [9.17, 15) is 17.0 Å². The molecule has 0 aliphatic rings. The normalized spacial score (nSPS) is 13.3. The third-order valence-electron chi connectivity index (χ3n) is 3.57. The molecule has 8 heteroatoms. The van der Waals surface area contributed by atoms with Crippen molar-refractivity contribution in [2.24, 2.45) is 0 Å². The average molecular weight is 430 g/mol. The molecule has 0 radical (unpaired) electrons. The first-order valence-corrected chi connectivity index (χ1v) is 10.6. The molecule has 126 valence electrons. The minimum atomic E-state index is -3.92. The third kappa shape index (κ3) is 2.94. The number of aromatic nitrogens is 1. The molecule has 1 atom stereocenters. The molecule has 0 fully saturated rings. The largest absolute Gasteiger partial charge is 0.268 e. The van der Waals surface area contributed by atoms with Gasteiger partial charge < -0.3 is 0 Å². The van der Waals surface area contributed by atoms with Gasteiger partial charge in [0, 0.05) is 21.8 Å². The first kappa shape index (κ1) is 17.3. The molecule has 1 heterocycles. The van der Waals surface area contributed by atoms with Crippen LogP contribution in [-0.2, 0) is 20.8 Å². The fraction of sp³-hybridized carbons (Fsp3) is 0.125. The molecule has 0 saturated carbocycles. The Morgan fingerprint density at radius 3 is 2.46 bits per heavy atom. The lowest BCUT2D eigenvalue weighted by atomic mass is 10.2. The van der Waals surface area contributed by atoms with Gasteiger partial charge in [0.1, 0.15) is 5.82 Å². The van der Waals surface area contributed by atoms with Crippen molar-refractivity contribution in [1.29, 1.82) is 0 Å². The van der Waals surface area contributed by atoms with Gasteiger partial charge in [0.05, 0.1) is 26.1 Å². The van der Waals surface area contributed by atoms with Gasteiger partial charge in [0.25, 0.3) is 10.0 Å². The van der Waals surface area contributed by atoms with E-state index in [2.05, 4.69) is 15.9 Å². The number of halogens is 2. The quantitative estimate of drug-likeness (QED) is 0.631. The molecular weight excluding hydrogens is 417 g/mol. The summed E-state index contributed by atoms with van der Waals surface area (Å²) < 4.78 is 53.0. The van der Waals surface area contributed by atoms with Crippen molar-refractivity contribution in [3.8, 4) is 0 Å². The van der Waals surface area contributed by atoms with E-state index in [0.29, 0.717) is 21.6 Å². The van der Waals surface area contributed by atoms with Crippen LogP contribution in [0.5, 0.6) is 0 Å². The summed E-state index contributed by atoms with van der Waals surface area (Å²) in [6.07, 6.45) is 1.38. The van der Waals surface area contributed by atoms with Crippen molar-refractivity contribution in [1.82, 2.24) is 3.97 Å². The highest BCUT2D eigenvalue weighted by Crippen LogP contribution is 2.30. The maximum absolute atomic E-state index is 13.1. The van der Waals surface area contributed by atoms with Crippen LogP contribution in [0.3, 0.4) is 0 Å². The van der Waals surface area contributed by atoms with Crippen LogP contribution in [0.2, 0.25) is 0 Å². The topological polar surface area (TPSA) is 56.1 Å². The van der Waals surface area contributed by atoms with Gasteiger partial charge in [-0.05, 0) is 42.5 Å². The van der Waals surface area contributed by atoms with Crippen molar-refractivity contribution in [3.05, 3.63) is 59.0 Å². The van der Waals surface area contributed by atoms with Crippen LogP contribution in [0.15, 0.2) is 62.9 Å². The van der Waals surface area contributed by atoms with Crippen LogP contribution >= 0.6 is 15.9 Å². The molecule has 3 rings (SSSR count). The summed E-state index contributed by atoms with van der Waals surface area (Å²) in [4.78, 5) is 0.428. The number of hydrogen-bond acceptors (Lipinski definition) is 3. The Hall–Kier alpha value is -1.51. The van der Waals surface area contributed by atoms with E-state index in [1.54, 1.807) is 25.1 Å². The second-order valence-corrected chi connectivity index (χ2v) is 9.48. The molecule has 0 saturated heterocycles. The Morgan fingerprint density at radius 2 is 1.83 bits per heavy atom. The predicted molar refractivity (Wildman–Crippen MR) is 95.6 cm³/mol. The Morgan fingerprint density at radius 1 is 1.17 bits per heavy atom. The molecule has 4 nitrogen and oxygen atoms in total. The summed E-state index contributed by atoms with van der Waals surface area (Å²) in [6, 6.07) is 9.74. The number of hydrogen-bond donors (Lipinski definition) is 0.